The van der Waals surface area contributed by atoms with Gasteiger partial charge < -0.3 is 40.0 Å². The molecular weight excluding hydrogens is 365 g/mol. The van der Waals surface area contributed by atoms with Crippen LogP contribution in [0.25, 0.3) is 0 Å². The summed E-state index contributed by atoms with van der Waals surface area (Å²) < 4.78 is 19.0. The van der Waals surface area contributed by atoms with Gasteiger partial charge in [-0.05, 0) is 0 Å². The molecule has 1 unspecified atom stereocenters. The molecule has 0 rings (SSSR count). The minimum atomic E-state index is -5.43. The standard InChI is InChI=1S/C6H8O7.Na.H4O6P2/c7-3(8)1-6(13,5(11)12)2-4(9)10;;1-7(2,3)8(4,5)6/h13H,1-2H2,(H,7,8)(H,9,10)(H,11,12);;(H2,1,2,3)(H2,4,5,6)/q;+1;/p-1. The van der Waals surface area contributed by atoms with Gasteiger partial charge in [0.2, 0.25) is 7.28 Å². The summed E-state index contributed by atoms with van der Waals surface area (Å²) in [4.78, 5) is 62.8. The number of carboxylic acid groups (broad SMARTS) is 3. The van der Waals surface area contributed by atoms with Crippen molar-refractivity contribution in [2.75, 3.05) is 0 Å². The topological polar surface area (TPSA) is 250 Å². The Bertz CT molecular complexity index is 467. The van der Waals surface area contributed by atoms with Gasteiger partial charge in [-0.1, -0.05) is 0 Å². The summed E-state index contributed by atoms with van der Waals surface area (Å²) in [6.07, 6.45) is -2.29. The van der Waals surface area contributed by atoms with Gasteiger partial charge in [0.1, 0.15) is 0 Å². The predicted molar refractivity (Wildman–Crippen MR) is 59.0 cm³/mol. The molecule has 0 bridgehead atoms. The minimum absolute atomic E-state index is 0. The normalized spacial score (nSPS) is 13.7. The SMILES string of the molecule is O=C(O)CC(O)(CC(=O)O)C(=O)O.O=P([O-])(O)P(=O)(O)O.[Na+]. The molecule has 0 radical (unpaired) electrons. The van der Waals surface area contributed by atoms with Crippen molar-refractivity contribution >= 4 is 32.5 Å². The van der Waals surface area contributed by atoms with Gasteiger partial charge in [-0.3, -0.25) is 18.7 Å². The van der Waals surface area contributed by atoms with Gasteiger partial charge in [0.25, 0.3) is 0 Å². The van der Waals surface area contributed by atoms with E-state index >= 15 is 0 Å². The molecule has 0 spiro atoms. The Kier molecular flexibility index (Phi) is 11.7. The first-order valence-corrected chi connectivity index (χ1v) is 8.41. The molecule has 7 N–H and O–H groups in total. The molecular formula is C6H11NaO13P2. The zero-order valence-corrected chi connectivity index (χ0v) is 14.7. The van der Waals surface area contributed by atoms with Crippen LogP contribution in [0.15, 0.2) is 0 Å². The van der Waals surface area contributed by atoms with E-state index in [0.717, 1.165) is 0 Å². The Morgan fingerprint density at radius 3 is 1.23 bits per heavy atom. The second-order valence-electron chi connectivity index (χ2n) is 3.48. The van der Waals surface area contributed by atoms with Crippen LogP contribution < -0.4 is 34.5 Å². The molecule has 16 heteroatoms. The van der Waals surface area contributed by atoms with E-state index < -0.39 is 50.9 Å². The van der Waals surface area contributed by atoms with Crippen LogP contribution in [0.4, 0.5) is 0 Å². The van der Waals surface area contributed by atoms with E-state index in [0.29, 0.717) is 0 Å². The second kappa shape index (κ2) is 9.73. The van der Waals surface area contributed by atoms with Crippen LogP contribution in [-0.2, 0) is 23.5 Å². The van der Waals surface area contributed by atoms with Crippen molar-refractivity contribution in [2.45, 2.75) is 18.4 Å². The first-order valence-electron chi connectivity index (χ1n) is 4.52. The average molecular weight is 376 g/mol. The monoisotopic (exact) mass is 376 g/mol. The minimum Gasteiger partial charge on any atom is -0.770 e. The Balaban J connectivity index is -0.000000348. The molecule has 0 amide bonds. The quantitative estimate of drug-likeness (QED) is 0.169. The van der Waals surface area contributed by atoms with E-state index in [4.69, 9.17) is 35.1 Å². The smallest absolute Gasteiger partial charge is 0.770 e. The summed E-state index contributed by atoms with van der Waals surface area (Å²) in [6.45, 7) is 0. The van der Waals surface area contributed by atoms with Gasteiger partial charge in [0.05, 0.1) is 12.8 Å². The maximum Gasteiger partial charge on any atom is 1.00 e. The third kappa shape index (κ3) is 11.3. The third-order valence-corrected chi connectivity index (χ3v) is 4.25. The number of carbonyl (C=O) groups is 3. The Hall–Kier alpha value is -0.330. The van der Waals surface area contributed by atoms with Gasteiger partial charge in [0.15, 0.2) is 5.60 Å². The van der Waals surface area contributed by atoms with Crippen LogP contribution in [0.2, 0.25) is 0 Å². The molecule has 0 aliphatic heterocycles. The van der Waals surface area contributed by atoms with E-state index in [9.17, 15) is 28.4 Å². The zero-order chi connectivity index (χ0) is 17.6. The fraction of sp³-hybridized carbons (Fsp3) is 0.500. The van der Waals surface area contributed by atoms with E-state index in [1.54, 1.807) is 0 Å². The number of rotatable bonds is 6. The van der Waals surface area contributed by atoms with Gasteiger partial charge in [-0.25, -0.2) is 4.79 Å². The van der Waals surface area contributed by atoms with Crippen LogP contribution in [0.5, 0.6) is 0 Å². The maximum absolute atomic E-state index is 10.3. The third-order valence-electron chi connectivity index (χ3n) is 1.61. The van der Waals surface area contributed by atoms with E-state index in [2.05, 4.69) is 0 Å². The van der Waals surface area contributed by atoms with Crippen molar-refractivity contribution in [3.8, 4) is 0 Å². The largest absolute Gasteiger partial charge is 1.00 e. The Morgan fingerprint density at radius 1 is 0.909 bits per heavy atom. The Morgan fingerprint density at radius 2 is 1.14 bits per heavy atom. The van der Waals surface area contributed by atoms with Crippen LogP contribution in [-0.4, -0.2) is 58.6 Å². The van der Waals surface area contributed by atoms with E-state index in [1.165, 1.54) is 0 Å². The van der Waals surface area contributed by atoms with Crippen LogP contribution >= 0.6 is 14.6 Å². The van der Waals surface area contributed by atoms with Gasteiger partial charge >= 0.3 is 54.7 Å². The van der Waals surface area contributed by atoms with Crippen molar-refractivity contribution in [3.05, 3.63) is 0 Å². The molecule has 22 heavy (non-hydrogen) atoms. The van der Waals surface area contributed by atoms with Gasteiger partial charge in [-0.2, -0.15) is 0 Å². The molecule has 13 nitrogen and oxygen atoms in total. The Labute approximate surface area is 144 Å². The van der Waals surface area contributed by atoms with E-state index in [1.807, 2.05) is 0 Å². The molecule has 0 saturated carbocycles. The maximum atomic E-state index is 10.3. The summed E-state index contributed by atoms with van der Waals surface area (Å²) >= 11 is 0. The molecule has 0 aromatic carbocycles. The number of carboxylic acids is 3. The molecule has 0 aliphatic rings. The fourth-order valence-electron chi connectivity index (χ4n) is 0.714. The van der Waals surface area contributed by atoms with Crippen LogP contribution in [0, 0.1) is 0 Å². The molecule has 0 aliphatic carbocycles. The molecule has 0 heterocycles. The number of aliphatic carboxylic acids is 3. The average Bonchev–Trinajstić information content (AvgIpc) is 2.11. The molecule has 0 saturated heterocycles. The summed E-state index contributed by atoms with van der Waals surface area (Å²) in [5.74, 6) is -5.02. The van der Waals surface area contributed by atoms with E-state index in [-0.39, 0.29) is 29.6 Å². The molecule has 124 valence electrons. The molecule has 0 aromatic heterocycles. The summed E-state index contributed by atoms with van der Waals surface area (Å²) in [5.41, 5.74) is -2.74. The van der Waals surface area contributed by atoms with Gasteiger partial charge in [0, 0.05) is 0 Å². The summed E-state index contributed by atoms with van der Waals surface area (Å²) in [6, 6.07) is 0. The fourth-order valence-corrected chi connectivity index (χ4v) is 0.714. The first kappa shape index (κ1) is 26.6. The number of aliphatic hydroxyl groups is 1. The summed E-state index contributed by atoms with van der Waals surface area (Å²) in [7, 11) is -10.7. The molecule has 1 atom stereocenters. The van der Waals surface area contributed by atoms with Crippen molar-refractivity contribution in [2.24, 2.45) is 0 Å². The first-order chi connectivity index (χ1) is 9.03. The number of hydrogen-bond acceptors (Lipinski definition) is 7. The second-order valence-corrected chi connectivity index (χ2v) is 8.57. The predicted octanol–water partition coefficient (Wildman–Crippen LogP) is -5.62. The molecule has 0 aromatic rings. The zero-order valence-electron chi connectivity index (χ0n) is 10.9. The van der Waals surface area contributed by atoms with Gasteiger partial charge in [-0.15, -0.1) is 0 Å². The summed E-state index contributed by atoms with van der Waals surface area (Å²) in [5, 5.41) is 33.8. The van der Waals surface area contributed by atoms with Crippen LogP contribution in [0.3, 0.4) is 0 Å². The van der Waals surface area contributed by atoms with Crippen molar-refractivity contribution < 1.29 is 93.1 Å². The van der Waals surface area contributed by atoms with Crippen molar-refractivity contribution in [3.63, 3.8) is 0 Å². The van der Waals surface area contributed by atoms with Crippen molar-refractivity contribution in [1.29, 1.82) is 0 Å². The van der Waals surface area contributed by atoms with Crippen LogP contribution in [0.1, 0.15) is 12.8 Å². The number of hydrogen-bond donors (Lipinski definition) is 7. The van der Waals surface area contributed by atoms with Crippen molar-refractivity contribution in [1.82, 2.24) is 0 Å². The molecule has 0 fully saturated rings.